The molecule has 1 fully saturated rings. The van der Waals surface area contributed by atoms with Crippen LogP contribution in [0, 0.1) is 5.92 Å². The van der Waals surface area contributed by atoms with E-state index in [1.807, 2.05) is 0 Å². The summed E-state index contributed by atoms with van der Waals surface area (Å²) in [4.78, 5) is 10.6. The Morgan fingerprint density at radius 1 is 1.44 bits per heavy atom. The molecule has 0 aromatic carbocycles. The van der Waals surface area contributed by atoms with Crippen molar-refractivity contribution >= 4 is 15.9 Å². The van der Waals surface area contributed by atoms with Crippen molar-refractivity contribution in [3.63, 3.8) is 0 Å². The van der Waals surface area contributed by atoms with Gasteiger partial charge in [0.15, 0.2) is 9.84 Å². The summed E-state index contributed by atoms with van der Waals surface area (Å²) in [6.45, 7) is 3.30. The minimum absolute atomic E-state index is 0.0453. The van der Waals surface area contributed by atoms with Crippen LogP contribution in [-0.2, 0) is 9.84 Å². The summed E-state index contributed by atoms with van der Waals surface area (Å²) in [5, 5.41) is 10.7. The van der Waals surface area contributed by atoms with Crippen molar-refractivity contribution in [1.82, 2.24) is 5.32 Å². The second kappa shape index (κ2) is 5.88. The molecule has 1 saturated carbocycles. The van der Waals surface area contributed by atoms with Crippen molar-refractivity contribution in [3.8, 4) is 0 Å². The van der Waals surface area contributed by atoms with Gasteiger partial charge in [-0.15, -0.1) is 0 Å². The van der Waals surface area contributed by atoms with Gasteiger partial charge in [-0.2, -0.15) is 0 Å². The van der Waals surface area contributed by atoms with Gasteiger partial charge >= 0.3 is 6.09 Å². The first-order valence-electron chi connectivity index (χ1n) is 6.19. The monoisotopic (exact) mass is 278 g/mol. The third-order valence-electron chi connectivity index (χ3n) is 3.53. The number of carboxylic acid groups (broad SMARTS) is 1. The quantitative estimate of drug-likeness (QED) is 0.696. The second-order valence-corrected chi connectivity index (χ2v) is 7.86. The first-order valence-corrected chi connectivity index (χ1v) is 7.90. The maximum atomic E-state index is 11.9. The van der Waals surface area contributed by atoms with Crippen molar-refractivity contribution < 1.29 is 18.3 Å². The van der Waals surface area contributed by atoms with E-state index < -0.39 is 21.2 Å². The molecule has 4 N–H and O–H groups in total. The summed E-state index contributed by atoms with van der Waals surface area (Å²) in [5.74, 6) is -0.119. The molecule has 0 saturated heterocycles. The molecular weight excluding hydrogens is 256 g/mol. The Bertz CT molecular complexity index is 394. The van der Waals surface area contributed by atoms with E-state index in [-0.39, 0.29) is 23.8 Å². The zero-order valence-electron chi connectivity index (χ0n) is 10.8. The van der Waals surface area contributed by atoms with E-state index in [2.05, 4.69) is 5.32 Å². The Kier molecular flexibility index (Phi) is 4.98. The molecule has 0 spiro atoms. The van der Waals surface area contributed by atoms with Crippen molar-refractivity contribution in [2.45, 2.75) is 50.4 Å². The Hall–Kier alpha value is -0.820. The molecule has 0 aromatic rings. The molecule has 1 aliphatic carbocycles. The summed E-state index contributed by atoms with van der Waals surface area (Å²) in [7, 11) is -3.14. The van der Waals surface area contributed by atoms with E-state index in [0.717, 1.165) is 0 Å². The molecule has 106 valence electrons. The van der Waals surface area contributed by atoms with Crippen molar-refractivity contribution in [2.75, 3.05) is 5.75 Å². The molecule has 0 radical (unpaired) electrons. The zero-order valence-corrected chi connectivity index (χ0v) is 11.6. The highest BCUT2D eigenvalue weighted by Crippen LogP contribution is 2.26. The minimum Gasteiger partial charge on any atom is -0.465 e. The number of hydrogen-bond acceptors (Lipinski definition) is 4. The van der Waals surface area contributed by atoms with Gasteiger partial charge in [0, 0.05) is 12.1 Å². The summed E-state index contributed by atoms with van der Waals surface area (Å²) in [5.41, 5.74) is 5.94. The molecular formula is C11H22N2O4S. The fraction of sp³-hybridized carbons (Fsp3) is 0.909. The summed E-state index contributed by atoms with van der Waals surface area (Å²) < 4.78 is 23.8. The maximum absolute atomic E-state index is 11.9. The Morgan fingerprint density at radius 3 is 2.56 bits per heavy atom. The molecule has 0 unspecified atom stereocenters. The van der Waals surface area contributed by atoms with Gasteiger partial charge in [-0.3, -0.25) is 0 Å². The zero-order chi connectivity index (χ0) is 13.9. The molecule has 1 aliphatic rings. The lowest BCUT2D eigenvalue weighted by atomic mass is 9.83. The first-order chi connectivity index (χ1) is 8.22. The lowest BCUT2D eigenvalue weighted by molar-refractivity contribution is 0.179. The first kappa shape index (κ1) is 15.2. The molecule has 0 aliphatic heterocycles. The third-order valence-corrected chi connectivity index (χ3v) is 5.86. The SMILES string of the molecule is CC(C)S(=O)(=O)C[C@@H]1C[C@H](NC(=O)O)CC[C@@H]1N. The predicted molar refractivity (Wildman–Crippen MR) is 69.2 cm³/mol. The molecule has 1 amide bonds. The number of nitrogens with two attached hydrogens (primary N) is 1. The van der Waals surface area contributed by atoms with E-state index in [9.17, 15) is 13.2 Å². The highest BCUT2D eigenvalue weighted by molar-refractivity contribution is 7.91. The molecule has 3 atom stereocenters. The van der Waals surface area contributed by atoms with Crippen LogP contribution in [0.1, 0.15) is 33.1 Å². The number of sulfone groups is 1. The van der Waals surface area contributed by atoms with Crippen molar-refractivity contribution in [3.05, 3.63) is 0 Å². The van der Waals surface area contributed by atoms with E-state index >= 15 is 0 Å². The normalized spacial score (nSPS) is 29.2. The van der Waals surface area contributed by atoms with Crippen LogP contribution in [-0.4, -0.2) is 42.7 Å². The van der Waals surface area contributed by atoms with Gasteiger partial charge in [-0.25, -0.2) is 13.2 Å². The molecule has 1 rings (SSSR count). The van der Waals surface area contributed by atoms with E-state index in [1.165, 1.54) is 0 Å². The van der Waals surface area contributed by atoms with Crippen LogP contribution in [0.15, 0.2) is 0 Å². The highest BCUT2D eigenvalue weighted by Gasteiger charge is 2.33. The van der Waals surface area contributed by atoms with Gasteiger partial charge in [0.1, 0.15) is 0 Å². The molecule has 0 heterocycles. The molecule has 0 bridgehead atoms. The standard InChI is InChI=1S/C11H22N2O4S/c1-7(2)18(16,17)6-8-5-9(13-11(14)15)3-4-10(8)12/h7-10,13H,3-6,12H2,1-2H3,(H,14,15)/t8-,9+,10-/m0/s1. The van der Waals surface area contributed by atoms with Gasteiger partial charge < -0.3 is 16.2 Å². The van der Waals surface area contributed by atoms with Crippen LogP contribution in [0.5, 0.6) is 0 Å². The number of rotatable bonds is 4. The molecule has 6 nitrogen and oxygen atoms in total. The van der Waals surface area contributed by atoms with Crippen molar-refractivity contribution in [1.29, 1.82) is 0 Å². The fourth-order valence-electron chi connectivity index (χ4n) is 2.28. The van der Waals surface area contributed by atoms with Crippen molar-refractivity contribution in [2.24, 2.45) is 11.7 Å². The Balaban J connectivity index is 2.66. The maximum Gasteiger partial charge on any atom is 0.404 e. The van der Waals surface area contributed by atoms with Gasteiger partial charge in [0.25, 0.3) is 0 Å². The van der Waals surface area contributed by atoms with E-state index in [1.54, 1.807) is 13.8 Å². The van der Waals surface area contributed by atoms with Crippen LogP contribution < -0.4 is 11.1 Å². The molecule has 7 heteroatoms. The average Bonchev–Trinajstić information content (AvgIpc) is 2.21. The number of nitrogens with one attached hydrogen (secondary N) is 1. The van der Waals surface area contributed by atoms with Gasteiger partial charge in [0.05, 0.1) is 11.0 Å². The topological polar surface area (TPSA) is 109 Å². The lowest BCUT2D eigenvalue weighted by Crippen LogP contribution is -2.47. The number of carbonyl (C=O) groups is 1. The van der Waals surface area contributed by atoms with Gasteiger partial charge in [-0.1, -0.05) is 0 Å². The van der Waals surface area contributed by atoms with Gasteiger partial charge in [-0.05, 0) is 39.0 Å². The smallest absolute Gasteiger partial charge is 0.404 e. The molecule has 18 heavy (non-hydrogen) atoms. The Labute approximate surface area is 108 Å². The second-order valence-electron chi connectivity index (χ2n) is 5.26. The fourth-order valence-corrected chi connectivity index (χ4v) is 3.64. The third kappa shape index (κ3) is 4.13. The average molecular weight is 278 g/mol. The van der Waals surface area contributed by atoms with Crippen LogP contribution in [0.4, 0.5) is 4.79 Å². The summed E-state index contributed by atoms with van der Waals surface area (Å²) >= 11 is 0. The number of hydrogen-bond donors (Lipinski definition) is 3. The van der Waals surface area contributed by atoms with E-state index in [0.29, 0.717) is 19.3 Å². The minimum atomic E-state index is -3.14. The highest BCUT2D eigenvalue weighted by atomic mass is 32.2. The van der Waals surface area contributed by atoms with Crippen LogP contribution in [0.25, 0.3) is 0 Å². The number of amides is 1. The van der Waals surface area contributed by atoms with E-state index in [4.69, 9.17) is 10.8 Å². The van der Waals surface area contributed by atoms with Gasteiger partial charge in [0.2, 0.25) is 0 Å². The van der Waals surface area contributed by atoms with Crippen LogP contribution >= 0.6 is 0 Å². The van der Waals surface area contributed by atoms with Crippen LogP contribution in [0.3, 0.4) is 0 Å². The summed E-state index contributed by atoms with van der Waals surface area (Å²) in [6, 6.07) is -0.347. The summed E-state index contributed by atoms with van der Waals surface area (Å²) in [6.07, 6.45) is 0.759. The van der Waals surface area contributed by atoms with Crippen LogP contribution in [0.2, 0.25) is 0 Å². The largest absolute Gasteiger partial charge is 0.465 e. The Morgan fingerprint density at radius 2 is 2.06 bits per heavy atom. The lowest BCUT2D eigenvalue weighted by Gasteiger charge is -2.34. The molecule has 0 aromatic heterocycles. The predicted octanol–water partition coefficient (Wildman–Crippen LogP) is 0.573.